The topological polar surface area (TPSA) is 50.4 Å². The van der Waals surface area contributed by atoms with Crippen molar-refractivity contribution in [2.75, 3.05) is 33.9 Å². The molecule has 0 aromatic carbocycles. The SMILES string of the molecule is CNC(=O)CNCC1(CCOC)CC1. The number of rotatable bonds is 7. The molecular weight excluding hydrogens is 180 g/mol. The monoisotopic (exact) mass is 200 g/mol. The molecule has 1 rings (SSSR count). The first-order chi connectivity index (χ1) is 6.72. The minimum absolute atomic E-state index is 0.0486. The third-order valence-electron chi connectivity index (χ3n) is 2.86. The summed E-state index contributed by atoms with van der Waals surface area (Å²) in [6, 6.07) is 0. The van der Waals surface area contributed by atoms with Gasteiger partial charge in [-0.05, 0) is 24.7 Å². The van der Waals surface area contributed by atoms with Crippen LogP contribution in [-0.4, -0.2) is 39.8 Å². The summed E-state index contributed by atoms with van der Waals surface area (Å²) >= 11 is 0. The Labute approximate surface area is 85.4 Å². The normalized spacial score (nSPS) is 17.9. The molecule has 1 aliphatic carbocycles. The molecule has 0 aromatic heterocycles. The van der Waals surface area contributed by atoms with Crippen LogP contribution >= 0.6 is 0 Å². The Morgan fingerprint density at radius 3 is 2.71 bits per heavy atom. The molecule has 0 atom stereocenters. The number of amides is 1. The first-order valence-corrected chi connectivity index (χ1v) is 5.13. The molecule has 0 aliphatic heterocycles. The van der Waals surface area contributed by atoms with Gasteiger partial charge in [0.2, 0.25) is 5.91 Å². The largest absolute Gasteiger partial charge is 0.385 e. The molecule has 0 radical (unpaired) electrons. The number of hydrogen-bond acceptors (Lipinski definition) is 3. The standard InChI is InChI=1S/C10H20N2O2/c1-11-9(13)7-12-8-10(3-4-10)5-6-14-2/h12H,3-8H2,1-2H3,(H,11,13). The summed E-state index contributed by atoms with van der Waals surface area (Å²) in [5.41, 5.74) is 0.421. The van der Waals surface area contributed by atoms with E-state index in [0.717, 1.165) is 19.6 Å². The van der Waals surface area contributed by atoms with Crippen molar-refractivity contribution in [1.82, 2.24) is 10.6 Å². The fourth-order valence-electron chi connectivity index (χ4n) is 1.54. The van der Waals surface area contributed by atoms with Gasteiger partial charge in [0.05, 0.1) is 6.54 Å². The Morgan fingerprint density at radius 1 is 1.50 bits per heavy atom. The van der Waals surface area contributed by atoms with E-state index in [1.807, 2.05) is 0 Å². The van der Waals surface area contributed by atoms with Crippen molar-refractivity contribution in [2.45, 2.75) is 19.3 Å². The van der Waals surface area contributed by atoms with Gasteiger partial charge in [0.15, 0.2) is 0 Å². The summed E-state index contributed by atoms with van der Waals surface area (Å²) in [7, 11) is 3.38. The molecule has 4 nitrogen and oxygen atoms in total. The van der Waals surface area contributed by atoms with Gasteiger partial charge in [-0.25, -0.2) is 0 Å². The summed E-state index contributed by atoms with van der Waals surface area (Å²) in [5.74, 6) is 0.0486. The summed E-state index contributed by atoms with van der Waals surface area (Å²) < 4.78 is 5.06. The van der Waals surface area contributed by atoms with Crippen LogP contribution in [-0.2, 0) is 9.53 Å². The molecule has 1 amide bonds. The average molecular weight is 200 g/mol. The Bertz CT molecular complexity index is 191. The smallest absolute Gasteiger partial charge is 0.233 e. The number of likely N-dealkylation sites (N-methyl/N-ethyl adjacent to an activating group) is 1. The van der Waals surface area contributed by atoms with Crippen LogP contribution in [0.5, 0.6) is 0 Å². The highest BCUT2D eigenvalue weighted by Gasteiger charge is 2.41. The number of nitrogens with one attached hydrogen (secondary N) is 2. The van der Waals surface area contributed by atoms with E-state index in [1.54, 1.807) is 14.2 Å². The van der Waals surface area contributed by atoms with E-state index >= 15 is 0 Å². The molecule has 0 spiro atoms. The lowest BCUT2D eigenvalue weighted by Gasteiger charge is -2.14. The zero-order chi connectivity index (χ0) is 10.4. The molecule has 1 saturated carbocycles. The molecule has 0 heterocycles. The highest BCUT2D eigenvalue weighted by atomic mass is 16.5. The number of hydrogen-bond donors (Lipinski definition) is 2. The summed E-state index contributed by atoms with van der Waals surface area (Å²) in [4.78, 5) is 10.9. The van der Waals surface area contributed by atoms with E-state index in [9.17, 15) is 4.79 Å². The quantitative estimate of drug-likeness (QED) is 0.614. The predicted molar refractivity (Wildman–Crippen MR) is 55.1 cm³/mol. The van der Waals surface area contributed by atoms with Gasteiger partial charge in [-0.15, -0.1) is 0 Å². The van der Waals surface area contributed by atoms with Crippen molar-refractivity contribution in [1.29, 1.82) is 0 Å². The van der Waals surface area contributed by atoms with Crippen molar-refractivity contribution in [3.8, 4) is 0 Å². The van der Waals surface area contributed by atoms with Crippen LogP contribution < -0.4 is 10.6 Å². The fourth-order valence-corrected chi connectivity index (χ4v) is 1.54. The van der Waals surface area contributed by atoms with Crippen molar-refractivity contribution < 1.29 is 9.53 Å². The zero-order valence-electron chi connectivity index (χ0n) is 9.06. The molecule has 0 saturated heterocycles. The Balaban J connectivity index is 2.08. The van der Waals surface area contributed by atoms with Crippen molar-refractivity contribution >= 4 is 5.91 Å². The third kappa shape index (κ3) is 3.64. The number of methoxy groups -OCH3 is 1. The maximum absolute atomic E-state index is 10.9. The Hall–Kier alpha value is -0.610. The summed E-state index contributed by atoms with van der Waals surface area (Å²) in [6.45, 7) is 2.18. The van der Waals surface area contributed by atoms with Crippen molar-refractivity contribution in [3.63, 3.8) is 0 Å². The lowest BCUT2D eigenvalue weighted by atomic mass is 10.0. The molecule has 0 bridgehead atoms. The van der Waals surface area contributed by atoms with Gasteiger partial charge in [0.25, 0.3) is 0 Å². The van der Waals surface area contributed by atoms with Crippen molar-refractivity contribution in [2.24, 2.45) is 5.41 Å². The highest BCUT2D eigenvalue weighted by molar-refractivity contribution is 5.77. The van der Waals surface area contributed by atoms with Gasteiger partial charge in [-0.1, -0.05) is 0 Å². The maximum atomic E-state index is 10.9. The van der Waals surface area contributed by atoms with Gasteiger partial charge >= 0.3 is 0 Å². The number of carbonyl (C=O) groups is 1. The molecular formula is C10H20N2O2. The molecule has 1 aliphatic rings. The van der Waals surface area contributed by atoms with E-state index in [4.69, 9.17) is 4.74 Å². The lowest BCUT2D eigenvalue weighted by Crippen LogP contribution is -2.35. The second kappa shape index (κ2) is 5.32. The van der Waals surface area contributed by atoms with Gasteiger partial charge in [0.1, 0.15) is 0 Å². The molecule has 82 valence electrons. The third-order valence-corrected chi connectivity index (χ3v) is 2.86. The zero-order valence-corrected chi connectivity index (χ0v) is 9.06. The summed E-state index contributed by atoms with van der Waals surface area (Å²) in [6.07, 6.45) is 3.62. The minimum atomic E-state index is 0.0486. The molecule has 14 heavy (non-hydrogen) atoms. The van der Waals surface area contributed by atoms with Crippen LogP contribution in [0.3, 0.4) is 0 Å². The van der Waals surface area contributed by atoms with Crippen LogP contribution in [0.4, 0.5) is 0 Å². The van der Waals surface area contributed by atoms with Crippen LogP contribution in [0.15, 0.2) is 0 Å². The highest BCUT2D eigenvalue weighted by Crippen LogP contribution is 2.48. The molecule has 4 heteroatoms. The van der Waals surface area contributed by atoms with E-state index in [2.05, 4.69) is 10.6 Å². The van der Waals surface area contributed by atoms with Gasteiger partial charge in [-0.3, -0.25) is 4.79 Å². The number of ether oxygens (including phenoxy) is 1. The maximum Gasteiger partial charge on any atom is 0.233 e. The fraction of sp³-hybridized carbons (Fsp3) is 0.900. The first-order valence-electron chi connectivity index (χ1n) is 5.13. The van der Waals surface area contributed by atoms with E-state index in [-0.39, 0.29) is 5.91 Å². The van der Waals surface area contributed by atoms with E-state index in [1.165, 1.54) is 12.8 Å². The van der Waals surface area contributed by atoms with E-state index in [0.29, 0.717) is 12.0 Å². The molecule has 1 fully saturated rings. The predicted octanol–water partition coefficient (Wildman–Crippen LogP) is 0.139. The average Bonchev–Trinajstić information content (AvgIpc) is 2.95. The molecule has 0 unspecified atom stereocenters. The van der Waals surface area contributed by atoms with Gasteiger partial charge in [-0.2, -0.15) is 0 Å². The van der Waals surface area contributed by atoms with Crippen molar-refractivity contribution in [3.05, 3.63) is 0 Å². The van der Waals surface area contributed by atoms with Crippen LogP contribution in [0.1, 0.15) is 19.3 Å². The van der Waals surface area contributed by atoms with Crippen LogP contribution in [0, 0.1) is 5.41 Å². The lowest BCUT2D eigenvalue weighted by molar-refractivity contribution is -0.119. The Morgan fingerprint density at radius 2 is 2.21 bits per heavy atom. The van der Waals surface area contributed by atoms with Crippen LogP contribution in [0.25, 0.3) is 0 Å². The van der Waals surface area contributed by atoms with Crippen LogP contribution in [0.2, 0.25) is 0 Å². The molecule has 0 aromatic rings. The second-order valence-electron chi connectivity index (χ2n) is 4.02. The molecule has 2 N–H and O–H groups in total. The van der Waals surface area contributed by atoms with Gasteiger partial charge in [0, 0.05) is 27.3 Å². The second-order valence-corrected chi connectivity index (χ2v) is 4.02. The van der Waals surface area contributed by atoms with Gasteiger partial charge < -0.3 is 15.4 Å². The Kier molecular flexibility index (Phi) is 4.35. The minimum Gasteiger partial charge on any atom is -0.385 e. The first kappa shape index (κ1) is 11.5. The summed E-state index contributed by atoms with van der Waals surface area (Å²) in [5, 5.41) is 5.77. The van der Waals surface area contributed by atoms with E-state index < -0.39 is 0 Å². The number of carbonyl (C=O) groups excluding carboxylic acids is 1.